The summed E-state index contributed by atoms with van der Waals surface area (Å²) in [4.78, 5) is 73.4. The molecule has 0 saturated carbocycles. The molecule has 10 aromatic carbocycles. The van der Waals surface area contributed by atoms with Crippen molar-refractivity contribution >= 4 is 86.8 Å². The standard InChI is InChI=1S/2C24H22N2O4S.C17H16N2O3.C16H14N2O3.3CH3NO2.CH5N.3CH4.Li.2H2O.H/c2*1-17-7-3-6-10-24(17)31(28,29)16-22(27)18-11-12-20(23(13-18)30-2)15-26-21-9-5-4-8-19(21)14-25-26;1-21-16-9-12(17(20)22-2)7-8-14(16)11-19-15-6-4-3-5-13(15)10-18-19;1-21-15-8-11(16(19)20)6-7-13(15)10-18-14-5-3-2-4-12(14)9-17-18;3*1-2(3)4;1-2;;;;;;;/h2*3-14H,15-16H2,1-2H3;3-10H,11H2,1-2H3;2-9H,10H2,1H3,(H,19,20);3*1H3;2H2,1H3;3*1H4;;2*1H2;/q;;;;;;;;;;;+1;;;-1. The van der Waals surface area contributed by atoms with Crippen molar-refractivity contribution in [2.75, 3.05) is 75.2 Å². The van der Waals surface area contributed by atoms with Gasteiger partial charge in [-0.05, 0) is 105 Å². The third-order valence-corrected chi connectivity index (χ3v) is 21.0. The number of nitrogens with two attached hydrogens (primary N) is 1. The smallest absolute Gasteiger partial charge is 1.00 e. The van der Waals surface area contributed by atoms with Crippen LogP contribution < -0.4 is 43.5 Å². The van der Waals surface area contributed by atoms with Crippen molar-refractivity contribution in [3.8, 4) is 23.0 Å². The zero-order chi connectivity index (χ0) is 87.1. The molecule has 0 aliphatic heterocycles. The number of hydrogen-bond donors (Lipinski definition) is 2. The van der Waals surface area contributed by atoms with Crippen LogP contribution >= 0.6 is 0 Å². The number of aromatic carboxylic acids is 1. The molecule has 125 heavy (non-hydrogen) atoms. The number of carboxylic acids is 1. The van der Waals surface area contributed by atoms with Gasteiger partial charge in [0.1, 0.15) is 34.5 Å². The molecule has 14 rings (SSSR count). The number of benzene rings is 10. The number of aromatic nitrogens is 8. The maximum atomic E-state index is 12.8. The summed E-state index contributed by atoms with van der Waals surface area (Å²) in [6.45, 7) is 5.45. The second-order valence-corrected chi connectivity index (χ2v) is 29.5. The van der Waals surface area contributed by atoms with Crippen LogP contribution in [-0.4, -0.2) is 186 Å². The molecule has 0 saturated heterocycles. The minimum atomic E-state index is -3.74. The number of carbonyl (C=O) groups excluding carboxylic acids is 3. The van der Waals surface area contributed by atoms with E-state index >= 15 is 0 Å². The van der Waals surface area contributed by atoms with Gasteiger partial charge in [0.25, 0.3) is 0 Å². The Kier molecular flexibility index (Phi) is 45.8. The number of methoxy groups -OCH3 is 5. The van der Waals surface area contributed by atoms with Gasteiger partial charge in [0.05, 0.1) is 130 Å². The molecule has 0 unspecified atom stereocenters. The van der Waals surface area contributed by atoms with Crippen LogP contribution in [0.2, 0.25) is 0 Å². The Labute approximate surface area is 737 Å². The molecule has 4 heterocycles. The summed E-state index contributed by atoms with van der Waals surface area (Å²) < 4.78 is 84.8. The van der Waals surface area contributed by atoms with E-state index in [4.69, 9.17) is 59.1 Å². The monoisotopic (exact) mass is 1750 g/mol. The van der Waals surface area contributed by atoms with Gasteiger partial charge in [-0.2, -0.15) is 20.4 Å². The van der Waals surface area contributed by atoms with E-state index in [1.807, 2.05) is 134 Å². The van der Waals surface area contributed by atoms with Crippen LogP contribution in [0.15, 0.2) is 253 Å². The number of aryl methyl sites for hydroxylation is 2. The fourth-order valence-electron chi connectivity index (χ4n) is 12.0. The molecule has 7 N–H and O–H groups in total. The first-order valence-corrected chi connectivity index (χ1v) is 39.3. The third kappa shape index (κ3) is 30.9. The van der Waals surface area contributed by atoms with Gasteiger partial charge in [-0.3, -0.25) is 58.7 Å². The number of para-hydroxylation sites is 4. The van der Waals surface area contributed by atoms with Crippen molar-refractivity contribution in [3.05, 3.63) is 329 Å². The number of rotatable bonds is 22. The molecule has 0 radical (unpaired) electrons. The number of nitrogens with zero attached hydrogens (tertiary/aromatic N) is 11. The number of hydrogen-bond acceptors (Lipinski definition) is 24. The minimum Gasteiger partial charge on any atom is -1.00 e. The number of fused-ring (bicyclic) bond motifs is 4. The molecule has 662 valence electrons. The number of nitro groups is 3. The van der Waals surface area contributed by atoms with Gasteiger partial charge in [-0.15, -0.1) is 0 Å². The molecule has 0 fully saturated rings. The zero-order valence-electron chi connectivity index (χ0n) is 69.9. The fourth-order valence-corrected chi connectivity index (χ4v) is 15.0. The van der Waals surface area contributed by atoms with Crippen LogP contribution in [0.5, 0.6) is 23.0 Å². The SMILES string of the molecule is C.C.C.CN.COC(=O)c1ccc(Cn2ncc3ccccc32)c(OC)c1.COc1cc(C(=O)CS(=O)(=O)c2ccccc2C)ccc1Cn1ncc2ccccc21.COc1cc(C(=O)CS(=O)(=O)c2ccccc2C)ccc1Cn1ncc2ccccc21.COc1cc(C(=O)O)ccc1Cn1ncc2ccccc21.C[N+](=O)[O-].C[N+](=O)[O-].C[N+](=O)[O-].O.O.[H-].[Li+]. The number of esters is 1. The van der Waals surface area contributed by atoms with E-state index in [9.17, 15) is 36.0 Å². The summed E-state index contributed by atoms with van der Waals surface area (Å²) in [6, 6.07) is 65.2. The number of sulfone groups is 2. The van der Waals surface area contributed by atoms with Gasteiger partial charge in [-0.1, -0.05) is 168 Å². The normalized spacial score (nSPS) is 10.0. The quantitative estimate of drug-likeness (QED) is 0.0209. The van der Waals surface area contributed by atoms with Gasteiger partial charge in [-0.25, -0.2) is 26.4 Å². The summed E-state index contributed by atoms with van der Waals surface area (Å²) in [6.07, 6.45) is 7.25. The summed E-state index contributed by atoms with van der Waals surface area (Å²) in [7, 11) is 4.22. The van der Waals surface area contributed by atoms with E-state index in [0.29, 0.717) is 77.0 Å². The van der Waals surface area contributed by atoms with E-state index < -0.39 is 63.5 Å². The number of ketones is 2. The topological polar surface area (TPSA) is 493 Å². The summed E-state index contributed by atoms with van der Waals surface area (Å²) in [5.74, 6) is -1.27. The second kappa shape index (κ2) is 52.5. The molecule has 4 aromatic heterocycles. The maximum Gasteiger partial charge on any atom is 1.00 e. The number of carbonyl (C=O) groups is 4. The van der Waals surface area contributed by atoms with Crippen molar-refractivity contribution in [2.45, 2.75) is 72.1 Å². The van der Waals surface area contributed by atoms with Crippen molar-refractivity contribution in [1.29, 1.82) is 0 Å². The predicted molar refractivity (Wildman–Crippen MR) is 478 cm³/mol. The molecule has 34 nitrogen and oxygen atoms in total. The Bertz CT molecular complexity index is 5910. The Morgan fingerprint density at radius 2 is 0.616 bits per heavy atom. The number of Topliss-reactive ketones (excluding diaryl/α,β-unsaturated/α-hetero) is 2. The second-order valence-electron chi connectivity index (χ2n) is 25.6. The van der Waals surface area contributed by atoms with Gasteiger partial charge in [0.2, 0.25) is 0 Å². The van der Waals surface area contributed by atoms with Crippen molar-refractivity contribution in [2.24, 2.45) is 5.73 Å². The third-order valence-electron chi connectivity index (χ3n) is 17.4. The summed E-state index contributed by atoms with van der Waals surface area (Å²) >= 11 is 0. The van der Waals surface area contributed by atoms with Crippen molar-refractivity contribution < 1.29 is 111 Å². The largest absolute Gasteiger partial charge is 1.00 e. The molecule has 0 spiro atoms. The molecule has 0 aliphatic carbocycles. The molecule has 0 aliphatic rings. The Hall–Kier alpha value is -13.9. The molecule has 0 bridgehead atoms. The van der Waals surface area contributed by atoms with Crippen LogP contribution in [0.4, 0.5) is 0 Å². The van der Waals surface area contributed by atoms with Crippen molar-refractivity contribution in [3.63, 3.8) is 0 Å². The van der Waals surface area contributed by atoms with Gasteiger partial charge in [0, 0.05) is 69.7 Å². The van der Waals surface area contributed by atoms with Gasteiger partial charge >= 0.3 is 30.8 Å². The Morgan fingerprint density at radius 3 is 0.864 bits per heavy atom. The number of carboxylic acid groups (broad SMARTS) is 1. The van der Waals surface area contributed by atoms with E-state index in [1.165, 1.54) is 53.7 Å². The van der Waals surface area contributed by atoms with Crippen molar-refractivity contribution in [1.82, 2.24) is 39.1 Å². The molecule has 0 amide bonds. The number of ether oxygens (including phenoxy) is 5. The van der Waals surface area contributed by atoms with E-state index in [-0.39, 0.29) is 74.8 Å². The van der Waals surface area contributed by atoms with Crippen LogP contribution in [-0.2, 0) is 50.6 Å². The summed E-state index contributed by atoms with van der Waals surface area (Å²) in [5, 5.41) is 57.3. The minimum absolute atomic E-state index is 0. The van der Waals surface area contributed by atoms with Gasteiger partial charge in [0.15, 0.2) is 52.4 Å². The van der Waals surface area contributed by atoms with Crippen LogP contribution in [0, 0.1) is 44.2 Å². The Morgan fingerprint density at radius 1 is 0.392 bits per heavy atom. The Balaban J connectivity index is 0.00000156. The molecular formula is C88H105LiN12O22S2. The summed E-state index contributed by atoms with van der Waals surface area (Å²) in [5.41, 5.74) is 14.6. The van der Waals surface area contributed by atoms with E-state index in [1.54, 1.807) is 130 Å². The first-order valence-electron chi connectivity index (χ1n) is 36.0. The first kappa shape index (κ1) is 109. The zero-order valence-corrected chi connectivity index (χ0v) is 70.5. The maximum absolute atomic E-state index is 12.8. The van der Waals surface area contributed by atoms with E-state index in [0.717, 1.165) is 87.0 Å². The molecule has 0 atom stereocenters. The predicted octanol–water partition coefficient (Wildman–Crippen LogP) is 10.4. The van der Waals surface area contributed by atoms with Gasteiger partial charge < -0.3 is 46.9 Å². The molecule has 14 aromatic rings. The first-order chi connectivity index (χ1) is 56.9. The van der Waals surface area contributed by atoms with Crippen LogP contribution in [0.25, 0.3) is 43.6 Å². The van der Waals surface area contributed by atoms with Crippen LogP contribution in [0.3, 0.4) is 0 Å². The molecular weight excluding hydrogens is 1650 g/mol. The van der Waals surface area contributed by atoms with E-state index in [2.05, 4.69) is 26.1 Å². The van der Waals surface area contributed by atoms with Crippen LogP contribution in [0.1, 0.15) is 98.5 Å². The average Bonchev–Trinajstić information content (AvgIpc) is 0.834. The fraction of sp³-hybridized carbons (Fsp3) is 0.227. The average molecular weight is 1750 g/mol. The molecule has 37 heteroatoms.